The Morgan fingerprint density at radius 1 is 0.889 bits per heavy atom. The molecule has 0 N–H and O–H groups in total. The Labute approximate surface area is 217 Å². The van der Waals surface area contributed by atoms with Crippen LogP contribution in [0, 0.1) is 5.92 Å². The molecule has 1 unspecified atom stereocenters. The van der Waals surface area contributed by atoms with Crippen LogP contribution in [0.25, 0.3) is 10.9 Å². The molecule has 1 atom stereocenters. The second-order valence-corrected chi connectivity index (χ2v) is 9.53. The van der Waals surface area contributed by atoms with Crippen molar-refractivity contribution in [3.63, 3.8) is 0 Å². The number of ketones is 1. The van der Waals surface area contributed by atoms with Gasteiger partial charge in [-0.2, -0.15) is 0 Å². The number of carbonyl (C=O) groups excluding carboxylic acids is 1. The number of nitrogens with zero attached hydrogens (tertiary/aromatic N) is 1. The minimum atomic E-state index is -0.552. The molecule has 0 aliphatic heterocycles. The Morgan fingerprint density at radius 3 is 2.36 bits per heavy atom. The highest BCUT2D eigenvalue weighted by atomic mass is 35.5. The summed E-state index contributed by atoms with van der Waals surface area (Å²) in [6, 6.07) is 25.0. The highest BCUT2D eigenvalue weighted by Gasteiger charge is 2.21. The minimum Gasteiger partial charge on any atom is -0.489 e. The zero-order chi connectivity index (χ0) is 25.5. The predicted molar refractivity (Wildman–Crippen MR) is 143 cm³/mol. The smallest absolute Gasteiger partial charge is 0.170 e. The zero-order valence-corrected chi connectivity index (χ0v) is 21.5. The van der Waals surface area contributed by atoms with E-state index in [-0.39, 0.29) is 12.4 Å². The number of Topliss-reactive ketones (excluding diaryl/α,β-unsaturated/α-hetero) is 1. The Balaban J connectivity index is 1.42. The summed E-state index contributed by atoms with van der Waals surface area (Å²) >= 11 is 6.44. The van der Waals surface area contributed by atoms with E-state index in [1.54, 1.807) is 13.0 Å². The predicted octanol–water partition coefficient (Wildman–Crippen LogP) is 7.43. The van der Waals surface area contributed by atoms with Gasteiger partial charge in [0.2, 0.25) is 0 Å². The van der Waals surface area contributed by atoms with Gasteiger partial charge in [-0.3, -0.25) is 4.79 Å². The number of pyridine rings is 1. The van der Waals surface area contributed by atoms with Crippen molar-refractivity contribution in [3.05, 3.63) is 95.1 Å². The van der Waals surface area contributed by atoms with Gasteiger partial charge in [0, 0.05) is 17.0 Å². The Hall–Kier alpha value is -3.57. The van der Waals surface area contributed by atoms with Crippen LogP contribution in [0.5, 0.6) is 17.2 Å². The molecular formula is C30H30ClNO4. The molecule has 0 aliphatic rings. The normalized spacial score (nSPS) is 11.9. The SMILES string of the molecule is CC(=O)C(CC(C)C)Oc1c(Cl)cccc1COc1cccc(OCc2ccc3ccccc3n2)c1. The van der Waals surface area contributed by atoms with E-state index in [9.17, 15) is 4.79 Å². The van der Waals surface area contributed by atoms with Crippen LogP contribution in [-0.2, 0) is 18.0 Å². The fraction of sp³-hybridized carbons (Fsp3) is 0.267. The molecule has 0 amide bonds. The van der Waals surface area contributed by atoms with Crippen molar-refractivity contribution >= 4 is 28.3 Å². The van der Waals surface area contributed by atoms with Gasteiger partial charge in [-0.05, 0) is 49.6 Å². The molecule has 0 saturated carbocycles. The molecule has 36 heavy (non-hydrogen) atoms. The van der Waals surface area contributed by atoms with Crippen molar-refractivity contribution in [2.45, 2.75) is 46.5 Å². The van der Waals surface area contributed by atoms with Crippen molar-refractivity contribution in [3.8, 4) is 17.2 Å². The van der Waals surface area contributed by atoms with Crippen LogP contribution in [0.1, 0.15) is 38.4 Å². The number of aromatic nitrogens is 1. The molecule has 4 aromatic rings. The maximum absolute atomic E-state index is 12.1. The van der Waals surface area contributed by atoms with Gasteiger partial charge in [0.1, 0.15) is 30.5 Å². The average molecular weight is 504 g/mol. The van der Waals surface area contributed by atoms with Crippen molar-refractivity contribution in [2.24, 2.45) is 5.92 Å². The van der Waals surface area contributed by atoms with E-state index in [0.29, 0.717) is 41.2 Å². The van der Waals surface area contributed by atoms with Crippen LogP contribution in [0.2, 0.25) is 5.02 Å². The maximum Gasteiger partial charge on any atom is 0.170 e. The lowest BCUT2D eigenvalue weighted by molar-refractivity contribution is -0.124. The third-order valence-corrected chi connectivity index (χ3v) is 5.99. The number of ether oxygens (including phenoxy) is 3. The lowest BCUT2D eigenvalue weighted by Gasteiger charge is -2.21. The first-order valence-corrected chi connectivity index (χ1v) is 12.4. The van der Waals surface area contributed by atoms with E-state index in [2.05, 4.69) is 18.8 Å². The molecule has 186 valence electrons. The molecule has 5 nitrogen and oxygen atoms in total. The molecule has 3 aromatic carbocycles. The largest absolute Gasteiger partial charge is 0.489 e. The lowest BCUT2D eigenvalue weighted by atomic mass is 10.0. The molecule has 0 radical (unpaired) electrons. The fourth-order valence-electron chi connectivity index (χ4n) is 3.83. The lowest BCUT2D eigenvalue weighted by Crippen LogP contribution is -2.27. The topological polar surface area (TPSA) is 57.7 Å². The second kappa shape index (κ2) is 11.9. The third-order valence-electron chi connectivity index (χ3n) is 5.69. The van der Waals surface area contributed by atoms with Gasteiger partial charge in [0.15, 0.2) is 11.9 Å². The van der Waals surface area contributed by atoms with Crippen molar-refractivity contribution < 1.29 is 19.0 Å². The number of hydrogen-bond donors (Lipinski definition) is 0. The summed E-state index contributed by atoms with van der Waals surface area (Å²) in [6.45, 7) is 6.24. The summed E-state index contributed by atoms with van der Waals surface area (Å²) in [7, 11) is 0. The number of para-hydroxylation sites is 2. The zero-order valence-electron chi connectivity index (χ0n) is 20.7. The van der Waals surface area contributed by atoms with Crippen molar-refractivity contribution in [2.75, 3.05) is 0 Å². The van der Waals surface area contributed by atoms with Crippen LogP contribution in [0.4, 0.5) is 0 Å². The van der Waals surface area contributed by atoms with E-state index < -0.39 is 6.10 Å². The Bertz CT molecular complexity index is 1340. The molecular weight excluding hydrogens is 474 g/mol. The fourth-order valence-corrected chi connectivity index (χ4v) is 4.07. The molecule has 0 bridgehead atoms. The monoisotopic (exact) mass is 503 g/mol. The third kappa shape index (κ3) is 6.76. The Morgan fingerprint density at radius 2 is 1.61 bits per heavy atom. The van der Waals surface area contributed by atoms with E-state index in [4.69, 9.17) is 25.8 Å². The van der Waals surface area contributed by atoms with Crippen LogP contribution in [0.3, 0.4) is 0 Å². The van der Waals surface area contributed by atoms with Gasteiger partial charge < -0.3 is 14.2 Å². The summed E-state index contributed by atoms with van der Waals surface area (Å²) < 4.78 is 18.1. The number of carbonyl (C=O) groups is 1. The number of fused-ring (bicyclic) bond motifs is 1. The van der Waals surface area contributed by atoms with Gasteiger partial charge >= 0.3 is 0 Å². The van der Waals surface area contributed by atoms with Crippen LogP contribution in [0.15, 0.2) is 78.9 Å². The van der Waals surface area contributed by atoms with E-state index in [1.165, 1.54) is 0 Å². The van der Waals surface area contributed by atoms with Gasteiger partial charge in [-0.1, -0.05) is 67.9 Å². The summed E-state index contributed by atoms with van der Waals surface area (Å²) in [5.74, 6) is 2.10. The van der Waals surface area contributed by atoms with Gasteiger partial charge in [0.05, 0.1) is 16.2 Å². The standard InChI is InChI=1S/C30H30ClNO4/c1-20(2)16-29(21(3)33)36-30-23(9-6-12-27(30)31)18-34-25-10-7-11-26(17-25)35-19-24-15-14-22-8-4-5-13-28(22)32-24/h4-15,17,20,29H,16,18-19H2,1-3H3. The van der Waals surface area contributed by atoms with Crippen LogP contribution in [-0.4, -0.2) is 16.9 Å². The molecule has 0 fully saturated rings. The van der Waals surface area contributed by atoms with Gasteiger partial charge in [0.25, 0.3) is 0 Å². The van der Waals surface area contributed by atoms with E-state index >= 15 is 0 Å². The highest BCUT2D eigenvalue weighted by Crippen LogP contribution is 2.32. The average Bonchev–Trinajstić information content (AvgIpc) is 2.87. The summed E-state index contributed by atoms with van der Waals surface area (Å²) in [5.41, 5.74) is 2.56. The minimum absolute atomic E-state index is 0.0266. The van der Waals surface area contributed by atoms with Gasteiger partial charge in [-0.15, -0.1) is 0 Å². The molecule has 4 rings (SSSR count). The number of rotatable bonds is 11. The molecule has 0 saturated heterocycles. The first-order valence-electron chi connectivity index (χ1n) is 12.0. The molecule has 6 heteroatoms. The Kier molecular flexibility index (Phi) is 8.44. The summed E-state index contributed by atoms with van der Waals surface area (Å²) in [6.07, 6.45) is 0.0656. The quantitative estimate of drug-likeness (QED) is 0.213. The maximum atomic E-state index is 12.1. The first-order chi connectivity index (χ1) is 17.4. The van der Waals surface area contributed by atoms with Crippen molar-refractivity contribution in [1.82, 2.24) is 4.98 Å². The number of hydrogen-bond acceptors (Lipinski definition) is 5. The van der Waals surface area contributed by atoms with Crippen LogP contribution < -0.4 is 14.2 Å². The highest BCUT2D eigenvalue weighted by molar-refractivity contribution is 6.32. The van der Waals surface area contributed by atoms with Crippen molar-refractivity contribution in [1.29, 1.82) is 0 Å². The molecule has 0 aliphatic carbocycles. The molecule has 1 aromatic heterocycles. The van der Waals surface area contributed by atoms with Crippen LogP contribution >= 0.6 is 11.6 Å². The molecule has 0 spiro atoms. The van der Waals surface area contributed by atoms with E-state index in [1.807, 2.05) is 72.8 Å². The summed E-state index contributed by atoms with van der Waals surface area (Å²) in [4.78, 5) is 16.8. The number of halogens is 1. The number of benzene rings is 3. The second-order valence-electron chi connectivity index (χ2n) is 9.12. The first kappa shape index (κ1) is 25.5. The van der Waals surface area contributed by atoms with Gasteiger partial charge in [-0.25, -0.2) is 4.98 Å². The van der Waals surface area contributed by atoms with E-state index in [0.717, 1.165) is 22.2 Å². The molecule has 1 heterocycles. The summed E-state index contributed by atoms with van der Waals surface area (Å²) in [5, 5.41) is 1.55.